The lowest BCUT2D eigenvalue weighted by molar-refractivity contribution is 0.0697. The van der Waals surface area contributed by atoms with Crippen molar-refractivity contribution in [2.24, 2.45) is 5.10 Å². The van der Waals surface area contributed by atoms with Gasteiger partial charge in [0, 0.05) is 0 Å². The fourth-order valence-corrected chi connectivity index (χ4v) is 2.81. The van der Waals surface area contributed by atoms with Gasteiger partial charge in [-0.15, -0.1) is 11.3 Å². The number of nitriles is 1. The van der Waals surface area contributed by atoms with Gasteiger partial charge in [0.1, 0.15) is 6.07 Å². The Morgan fingerprint density at radius 1 is 1.22 bits per heavy atom. The third-order valence-corrected chi connectivity index (χ3v) is 4.07. The molecule has 0 amide bonds. The number of nitrogens with one attached hydrogen (secondary N) is 1. The molecule has 0 aliphatic carbocycles. The third-order valence-electron chi connectivity index (χ3n) is 3.03. The summed E-state index contributed by atoms with van der Waals surface area (Å²) in [5.74, 6) is -0.993. The summed E-state index contributed by atoms with van der Waals surface area (Å²) in [7, 11) is 0. The number of carboxylic acids is 1. The number of hydrogen-bond donors (Lipinski definition) is 2. The van der Waals surface area contributed by atoms with Crippen LogP contribution >= 0.6 is 11.3 Å². The maximum Gasteiger partial charge on any atom is 0.335 e. The molecule has 2 aromatic carbocycles. The number of hydrogen-bond acceptors (Lipinski definition) is 6. The number of para-hydroxylation sites is 1. The molecule has 0 saturated carbocycles. The lowest BCUT2D eigenvalue weighted by Crippen LogP contribution is -2.01. The van der Waals surface area contributed by atoms with Crippen LogP contribution in [0.15, 0.2) is 53.6 Å². The number of thiazole rings is 1. The number of carbonyl (C=O) groups is 1. The van der Waals surface area contributed by atoms with Crippen molar-refractivity contribution in [2.45, 2.75) is 0 Å². The summed E-state index contributed by atoms with van der Waals surface area (Å²) >= 11 is 1.39. The average molecular weight is 322 g/mol. The Balaban J connectivity index is 1.84. The van der Waals surface area contributed by atoms with Gasteiger partial charge in [-0.3, -0.25) is 5.43 Å². The molecule has 3 rings (SSSR count). The number of carboxylic acid groups (broad SMARTS) is 1. The minimum Gasteiger partial charge on any atom is -0.478 e. The summed E-state index contributed by atoms with van der Waals surface area (Å²) < 4.78 is 0.983. The predicted octanol–water partition coefficient (Wildman–Crippen LogP) is 3.33. The number of rotatable bonds is 4. The highest BCUT2D eigenvalue weighted by Gasteiger charge is 2.10. The van der Waals surface area contributed by atoms with Crippen LogP contribution in [0.2, 0.25) is 0 Å². The number of anilines is 1. The molecule has 3 aromatic rings. The fraction of sp³-hybridized carbons (Fsp3) is 0. The van der Waals surface area contributed by atoms with Crippen LogP contribution in [0.5, 0.6) is 0 Å². The summed E-state index contributed by atoms with van der Waals surface area (Å²) in [6, 6.07) is 15.7. The minimum atomic E-state index is -0.993. The minimum absolute atomic E-state index is 0.175. The van der Waals surface area contributed by atoms with Crippen molar-refractivity contribution in [1.82, 2.24) is 4.98 Å². The summed E-state index contributed by atoms with van der Waals surface area (Å²) in [6.07, 6.45) is 0. The van der Waals surface area contributed by atoms with Crippen LogP contribution in [0.25, 0.3) is 10.2 Å². The smallest absolute Gasteiger partial charge is 0.335 e. The Morgan fingerprint density at radius 2 is 1.96 bits per heavy atom. The maximum atomic E-state index is 10.8. The van der Waals surface area contributed by atoms with E-state index in [1.165, 1.54) is 23.5 Å². The zero-order valence-electron chi connectivity index (χ0n) is 11.7. The Bertz CT molecular complexity index is 906. The van der Waals surface area contributed by atoms with Crippen molar-refractivity contribution >= 4 is 38.9 Å². The molecule has 1 aromatic heterocycles. The Morgan fingerprint density at radius 3 is 2.61 bits per heavy atom. The van der Waals surface area contributed by atoms with Gasteiger partial charge in [-0.1, -0.05) is 12.1 Å². The van der Waals surface area contributed by atoms with Gasteiger partial charge >= 0.3 is 5.97 Å². The molecule has 0 radical (unpaired) electrons. The Labute approximate surface area is 135 Å². The molecule has 6 nitrogen and oxygen atoms in total. The van der Waals surface area contributed by atoms with E-state index in [0.717, 1.165) is 10.2 Å². The van der Waals surface area contributed by atoms with Crippen molar-refractivity contribution in [1.29, 1.82) is 5.26 Å². The fourth-order valence-electron chi connectivity index (χ4n) is 1.90. The first kappa shape index (κ1) is 14.7. The van der Waals surface area contributed by atoms with Crippen molar-refractivity contribution in [3.63, 3.8) is 0 Å². The molecular formula is C16H10N4O2S. The van der Waals surface area contributed by atoms with Gasteiger partial charge in [0.05, 0.1) is 21.5 Å². The third kappa shape index (κ3) is 3.17. The first-order valence-electron chi connectivity index (χ1n) is 6.60. The van der Waals surface area contributed by atoms with Crippen LogP contribution in [-0.2, 0) is 0 Å². The van der Waals surface area contributed by atoms with Crippen LogP contribution < -0.4 is 5.43 Å². The molecule has 112 valence electrons. The van der Waals surface area contributed by atoms with Gasteiger partial charge in [-0.2, -0.15) is 10.4 Å². The van der Waals surface area contributed by atoms with E-state index in [1.807, 2.05) is 30.3 Å². The number of aromatic carboxylic acids is 1. The number of aromatic nitrogens is 1. The normalized spacial score (nSPS) is 11.2. The standard InChI is InChI=1S/C16H10N4O2S/c17-9-13(15-18-12-3-1-2-4-14(12)23-15)20-19-11-7-5-10(6-8-11)16(21)22/h1-8,19H,(H,21,22)/b20-13-. The van der Waals surface area contributed by atoms with E-state index in [1.54, 1.807) is 12.1 Å². The molecule has 0 fully saturated rings. The molecule has 7 heteroatoms. The van der Waals surface area contributed by atoms with Gasteiger partial charge in [-0.25, -0.2) is 9.78 Å². The van der Waals surface area contributed by atoms with Crippen LogP contribution in [0.1, 0.15) is 15.4 Å². The van der Waals surface area contributed by atoms with Crippen molar-refractivity contribution < 1.29 is 9.90 Å². The lowest BCUT2D eigenvalue weighted by Gasteiger charge is -2.01. The average Bonchev–Trinajstić information content (AvgIpc) is 2.99. The van der Waals surface area contributed by atoms with Gasteiger partial charge in [-0.05, 0) is 36.4 Å². The van der Waals surface area contributed by atoms with Gasteiger partial charge < -0.3 is 5.11 Å². The van der Waals surface area contributed by atoms with Crippen LogP contribution in [-0.4, -0.2) is 21.8 Å². The molecule has 0 atom stereocenters. The molecule has 0 aliphatic heterocycles. The van der Waals surface area contributed by atoms with E-state index in [4.69, 9.17) is 5.11 Å². The lowest BCUT2D eigenvalue weighted by atomic mass is 10.2. The van der Waals surface area contributed by atoms with E-state index < -0.39 is 5.97 Å². The van der Waals surface area contributed by atoms with Crippen LogP contribution in [0, 0.1) is 11.3 Å². The molecule has 0 saturated heterocycles. The van der Waals surface area contributed by atoms with E-state index in [-0.39, 0.29) is 11.3 Å². The summed E-state index contributed by atoms with van der Waals surface area (Å²) in [5, 5.41) is 22.7. The molecule has 1 heterocycles. The van der Waals surface area contributed by atoms with Gasteiger partial charge in [0.25, 0.3) is 0 Å². The van der Waals surface area contributed by atoms with Gasteiger partial charge in [0.15, 0.2) is 10.7 Å². The second kappa shape index (κ2) is 6.25. The second-order valence-electron chi connectivity index (χ2n) is 4.55. The molecule has 0 bridgehead atoms. The van der Waals surface area contributed by atoms with E-state index in [9.17, 15) is 10.1 Å². The highest BCUT2D eigenvalue weighted by atomic mass is 32.1. The van der Waals surface area contributed by atoms with Crippen molar-refractivity contribution in [3.8, 4) is 6.07 Å². The molecule has 0 spiro atoms. The summed E-state index contributed by atoms with van der Waals surface area (Å²) in [5.41, 5.74) is 4.51. The highest BCUT2D eigenvalue weighted by molar-refractivity contribution is 7.20. The molecule has 0 aliphatic rings. The van der Waals surface area contributed by atoms with Crippen LogP contribution in [0.4, 0.5) is 5.69 Å². The number of hydrazone groups is 1. The highest BCUT2D eigenvalue weighted by Crippen LogP contribution is 2.22. The first-order valence-corrected chi connectivity index (χ1v) is 7.42. The largest absolute Gasteiger partial charge is 0.478 e. The zero-order valence-corrected chi connectivity index (χ0v) is 12.5. The van der Waals surface area contributed by atoms with Crippen molar-refractivity contribution in [2.75, 3.05) is 5.43 Å². The van der Waals surface area contributed by atoms with E-state index in [2.05, 4.69) is 15.5 Å². The Hall–Kier alpha value is -3.24. The monoisotopic (exact) mass is 322 g/mol. The van der Waals surface area contributed by atoms with Crippen LogP contribution in [0.3, 0.4) is 0 Å². The molecular weight excluding hydrogens is 312 g/mol. The summed E-state index contributed by atoms with van der Waals surface area (Å²) in [6.45, 7) is 0. The quantitative estimate of drug-likeness (QED) is 0.567. The van der Waals surface area contributed by atoms with E-state index in [0.29, 0.717) is 10.7 Å². The van der Waals surface area contributed by atoms with Crippen molar-refractivity contribution in [3.05, 3.63) is 59.1 Å². The SMILES string of the molecule is N#C/C(=N/Nc1ccc(C(=O)O)cc1)c1nc2ccccc2s1. The molecule has 0 unspecified atom stereocenters. The number of fused-ring (bicyclic) bond motifs is 1. The predicted molar refractivity (Wildman–Crippen MR) is 88.8 cm³/mol. The second-order valence-corrected chi connectivity index (χ2v) is 5.58. The molecule has 23 heavy (non-hydrogen) atoms. The topological polar surface area (TPSA) is 98.4 Å². The van der Waals surface area contributed by atoms with E-state index >= 15 is 0 Å². The number of benzene rings is 2. The summed E-state index contributed by atoms with van der Waals surface area (Å²) in [4.78, 5) is 15.2. The maximum absolute atomic E-state index is 10.8. The zero-order chi connectivity index (χ0) is 16.2. The number of nitrogens with zero attached hydrogens (tertiary/aromatic N) is 3. The molecule has 2 N–H and O–H groups in total. The first-order chi connectivity index (χ1) is 11.2. The Kier molecular flexibility index (Phi) is 3.99. The van der Waals surface area contributed by atoms with Gasteiger partial charge in [0.2, 0.25) is 0 Å².